The first-order chi connectivity index (χ1) is 10.2. The molecule has 1 aliphatic heterocycles. The van der Waals surface area contributed by atoms with Crippen LogP contribution < -0.4 is 11.3 Å². The second kappa shape index (κ2) is 7.54. The lowest BCUT2D eigenvalue weighted by Crippen LogP contribution is -2.51. The zero-order chi connectivity index (χ0) is 15.2. The van der Waals surface area contributed by atoms with Crippen molar-refractivity contribution < 1.29 is 9.53 Å². The number of carbonyl (C=O) groups is 1. The molecule has 5 nitrogen and oxygen atoms in total. The smallest absolute Gasteiger partial charge is 0.242 e. The van der Waals surface area contributed by atoms with Crippen molar-refractivity contribution in [3.05, 3.63) is 35.9 Å². The minimum absolute atomic E-state index is 0.143. The van der Waals surface area contributed by atoms with Gasteiger partial charge in [-0.15, -0.1) is 0 Å². The van der Waals surface area contributed by atoms with Gasteiger partial charge in [0.25, 0.3) is 0 Å². The van der Waals surface area contributed by atoms with Crippen LogP contribution >= 0.6 is 0 Å². The molecule has 1 amide bonds. The number of rotatable bonds is 5. The lowest BCUT2D eigenvalue weighted by molar-refractivity contribution is -0.124. The first-order valence-electron chi connectivity index (χ1n) is 7.56. The van der Waals surface area contributed by atoms with Crippen LogP contribution in [0.2, 0.25) is 0 Å². The van der Waals surface area contributed by atoms with Crippen molar-refractivity contribution in [2.24, 2.45) is 5.84 Å². The summed E-state index contributed by atoms with van der Waals surface area (Å²) in [5, 5.41) is 0. The number of ether oxygens (including phenoxy) is 1. The molecule has 0 radical (unpaired) electrons. The number of nitrogens with two attached hydrogens (primary N) is 1. The molecule has 3 atom stereocenters. The van der Waals surface area contributed by atoms with Gasteiger partial charge < -0.3 is 4.74 Å². The monoisotopic (exact) mass is 291 g/mol. The molecule has 3 unspecified atom stereocenters. The summed E-state index contributed by atoms with van der Waals surface area (Å²) in [5.74, 6) is 4.97. The topological polar surface area (TPSA) is 67.6 Å². The summed E-state index contributed by atoms with van der Waals surface area (Å²) in [6.07, 6.45) is 1.21. The van der Waals surface area contributed by atoms with E-state index >= 15 is 0 Å². The Morgan fingerprint density at radius 3 is 2.81 bits per heavy atom. The van der Waals surface area contributed by atoms with E-state index < -0.39 is 0 Å². The Kier molecular flexibility index (Phi) is 5.73. The van der Waals surface area contributed by atoms with Crippen molar-refractivity contribution in [1.82, 2.24) is 10.3 Å². The van der Waals surface area contributed by atoms with Crippen LogP contribution in [0.4, 0.5) is 0 Å². The molecular formula is C16H25N3O2. The SMILES string of the molecule is CCC1COC(C)CN1CC(C(=O)NN)c1ccccc1. The highest BCUT2D eigenvalue weighted by atomic mass is 16.5. The molecule has 21 heavy (non-hydrogen) atoms. The fraction of sp³-hybridized carbons (Fsp3) is 0.562. The third-order valence-electron chi connectivity index (χ3n) is 4.13. The van der Waals surface area contributed by atoms with Crippen LogP contribution in [-0.2, 0) is 9.53 Å². The minimum Gasteiger partial charge on any atom is -0.376 e. The molecule has 116 valence electrons. The lowest BCUT2D eigenvalue weighted by Gasteiger charge is -2.39. The molecule has 0 bridgehead atoms. The number of amides is 1. The second-order valence-corrected chi connectivity index (χ2v) is 5.63. The molecule has 0 aliphatic carbocycles. The lowest BCUT2D eigenvalue weighted by atomic mass is 9.96. The van der Waals surface area contributed by atoms with E-state index in [1.54, 1.807) is 0 Å². The van der Waals surface area contributed by atoms with Gasteiger partial charge in [0.2, 0.25) is 5.91 Å². The van der Waals surface area contributed by atoms with Crippen LogP contribution in [0.15, 0.2) is 30.3 Å². The molecule has 1 aromatic rings. The highest BCUT2D eigenvalue weighted by Crippen LogP contribution is 2.22. The molecule has 1 aliphatic rings. The van der Waals surface area contributed by atoms with E-state index in [-0.39, 0.29) is 17.9 Å². The summed E-state index contributed by atoms with van der Waals surface area (Å²) in [6, 6.07) is 10.2. The maximum absolute atomic E-state index is 12.2. The number of benzene rings is 1. The molecule has 1 aromatic carbocycles. The van der Waals surface area contributed by atoms with Gasteiger partial charge in [-0.3, -0.25) is 15.1 Å². The van der Waals surface area contributed by atoms with Gasteiger partial charge in [-0.05, 0) is 18.9 Å². The van der Waals surface area contributed by atoms with Gasteiger partial charge in [0, 0.05) is 19.1 Å². The summed E-state index contributed by atoms with van der Waals surface area (Å²) in [5.41, 5.74) is 3.30. The largest absolute Gasteiger partial charge is 0.376 e. The average Bonchev–Trinajstić information content (AvgIpc) is 2.53. The molecule has 0 saturated carbocycles. The fourth-order valence-electron chi connectivity index (χ4n) is 2.87. The Morgan fingerprint density at radius 1 is 1.48 bits per heavy atom. The molecule has 0 aromatic heterocycles. The normalized spacial score (nSPS) is 24.5. The van der Waals surface area contributed by atoms with Gasteiger partial charge in [-0.2, -0.15) is 0 Å². The molecule has 1 saturated heterocycles. The number of hydrogen-bond donors (Lipinski definition) is 2. The van der Waals surface area contributed by atoms with Gasteiger partial charge in [0.15, 0.2) is 0 Å². The third kappa shape index (κ3) is 4.03. The number of hydrogen-bond acceptors (Lipinski definition) is 4. The Bertz CT molecular complexity index is 452. The Hall–Kier alpha value is -1.43. The van der Waals surface area contributed by atoms with Crippen molar-refractivity contribution in [2.75, 3.05) is 19.7 Å². The van der Waals surface area contributed by atoms with E-state index in [0.29, 0.717) is 12.6 Å². The van der Waals surface area contributed by atoms with Gasteiger partial charge in [-0.25, -0.2) is 5.84 Å². The number of hydrazine groups is 1. The predicted molar refractivity (Wildman–Crippen MR) is 82.6 cm³/mol. The summed E-state index contributed by atoms with van der Waals surface area (Å²) < 4.78 is 5.72. The van der Waals surface area contributed by atoms with Crippen LogP contribution in [0.3, 0.4) is 0 Å². The summed E-state index contributed by atoms with van der Waals surface area (Å²) >= 11 is 0. The van der Waals surface area contributed by atoms with E-state index in [4.69, 9.17) is 10.6 Å². The van der Waals surface area contributed by atoms with Crippen molar-refractivity contribution >= 4 is 5.91 Å². The van der Waals surface area contributed by atoms with E-state index in [1.165, 1.54) is 0 Å². The van der Waals surface area contributed by atoms with Crippen LogP contribution in [-0.4, -0.2) is 42.6 Å². The number of morpholine rings is 1. The highest BCUT2D eigenvalue weighted by Gasteiger charge is 2.30. The fourth-order valence-corrected chi connectivity index (χ4v) is 2.87. The zero-order valence-corrected chi connectivity index (χ0v) is 12.8. The first-order valence-corrected chi connectivity index (χ1v) is 7.56. The zero-order valence-electron chi connectivity index (χ0n) is 12.8. The molecule has 1 fully saturated rings. The van der Waals surface area contributed by atoms with Gasteiger partial charge >= 0.3 is 0 Å². The first kappa shape index (κ1) is 15.9. The van der Waals surface area contributed by atoms with Crippen molar-refractivity contribution in [1.29, 1.82) is 0 Å². The summed E-state index contributed by atoms with van der Waals surface area (Å²) in [4.78, 5) is 14.5. The number of nitrogens with zero attached hydrogens (tertiary/aromatic N) is 1. The Balaban J connectivity index is 2.16. The average molecular weight is 291 g/mol. The van der Waals surface area contributed by atoms with Crippen molar-refractivity contribution in [3.8, 4) is 0 Å². The second-order valence-electron chi connectivity index (χ2n) is 5.63. The van der Waals surface area contributed by atoms with Crippen molar-refractivity contribution in [3.63, 3.8) is 0 Å². The van der Waals surface area contributed by atoms with E-state index in [1.807, 2.05) is 30.3 Å². The third-order valence-corrected chi connectivity index (χ3v) is 4.13. The summed E-state index contributed by atoms with van der Waals surface area (Å²) in [7, 11) is 0. The Morgan fingerprint density at radius 2 is 2.19 bits per heavy atom. The molecule has 2 rings (SSSR count). The van der Waals surface area contributed by atoms with Crippen LogP contribution in [0.5, 0.6) is 0 Å². The van der Waals surface area contributed by atoms with Crippen LogP contribution in [0, 0.1) is 0 Å². The maximum Gasteiger partial charge on any atom is 0.242 e. The number of nitrogens with one attached hydrogen (secondary N) is 1. The van der Waals surface area contributed by atoms with Crippen LogP contribution in [0.25, 0.3) is 0 Å². The highest BCUT2D eigenvalue weighted by molar-refractivity contribution is 5.83. The molecule has 1 heterocycles. The van der Waals surface area contributed by atoms with Crippen molar-refractivity contribution in [2.45, 2.75) is 38.3 Å². The summed E-state index contributed by atoms with van der Waals surface area (Å²) in [6.45, 7) is 6.46. The minimum atomic E-state index is -0.254. The quantitative estimate of drug-likeness (QED) is 0.487. The molecule has 0 spiro atoms. The van der Waals surface area contributed by atoms with Gasteiger partial charge in [0.05, 0.1) is 18.6 Å². The Labute approximate surface area is 126 Å². The van der Waals surface area contributed by atoms with Crippen LogP contribution in [0.1, 0.15) is 31.7 Å². The van der Waals surface area contributed by atoms with E-state index in [2.05, 4.69) is 24.2 Å². The number of carbonyl (C=O) groups excluding carboxylic acids is 1. The molecular weight excluding hydrogens is 266 g/mol. The maximum atomic E-state index is 12.2. The molecule has 5 heteroatoms. The molecule has 3 N–H and O–H groups in total. The van der Waals surface area contributed by atoms with E-state index in [0.717, 1.165) is 25.1 Å². The predicted octanol–water partition coefficient (Wildman–Crippen LogP) is 1.26. The standard InChI is InChI=1S/C16H25N3O2/c1-3-14-11-21-12(2)9-19(14)10-15(16(20)18-17)13-7-5-4-6-8-13/h4-8,12,14-15H,3,9-11,17H2,1-2H3,(H,18,20). The van der Waals surface area contributed by atoms with Gasteiger partial charge in [-0.1, -0.05) is 37.3 Å². The van der Waals surface area contributed by atoms with E-state index in [9.17, 15) is 4.79 Å². The van der Waals surface area contributed by atoms with Gasteiger partial charge in [0.1, 0.15) is 0 Å².